The molecule has 25 nitrogen and oxygen atoms in total. The number of carbonyl (C=O) groups is 3. The van der Waals surface area contributed by atoms with Gasteiger partial charge in [0.1, 0.15) is 36.3 Å². The van der Waals surface area contributed by atoms with Gasteiger partial charge in [0.2, 0.25) is 11.8 Å². The Morgan fingerprint density at radius 2 is 1.67 bits per heavy atom. The van der Waals surface area contributed by atoms with E-state index in [-0.39, 0.29) is 41.6 Å². The SMILES string of the molecule is CCCCCC(O)CCCC(=O)SCCNC(=O)CCNC(=O)C(O)C(C)(C)COP(=O)(O)OP(=O)(O)OC[C@H]1O[C@@H](n2cnc3c(N)ncnc32)[C@H](O)[C@@H]1OP(=O)(O)O. The molecule has 8 atom stereocenters. The highest BCUT2D eigenvalue weighted by Gasteiger charge is 2.50. The first kappa shape index (κ1) is 51.9. The lowest BCUT2D eigenvalue weighted by Crippen LogP contribution is -2.46. The molecule has 0 radical (unpaired) electrons. The summed E-state index contributed by atoms with van der Waals surface area (Å²) in [7, 11) is -16.4. The van der Waals surface area contributed by atoms with Crippen molar-refractivity contribution < 1.29 is 85.6 Å². The van der Waals surface area contributed by atoms with E-state index < -0.39 is 90.7 Å². The standard InChI is InChI=1S/C31H54N7O18P3S/c1-4-5-6-8-19(39)9-7-10-22(41)60-14-13-33-21(40)11-12-34-29(44)26(43)31(2,3)16-53-59(50,51)56-58(48,49)52-15-20-25(55-57(45,46)47)24(42)30(54-20)38-18-37-23-27(32)35-17-36-28(23)38/h17-20,24-26,30,39,42-43H,4-16H2,1-3H3,(H,33,40)(H,34,44)(H,48,49)(H,50,51)(H2,32,35,36)(H2,45,46,47)/t19?,20-,24-,25-,26?,30-/m1/s1. The van der Waals surface area contributed by atoms with Crippen molar-refractivity contribution in [3.05, 3.63) is 12.7 Å². The van der Waals surface area contributed by atoms with Crippen LogP contribution in [0.15, 0.2) is 12.7 Å². The number of aliphatic hydroxyl groups excluding tert-OH is 3. The summed E-state index contributed by atoms with van der Waals surface area (Å²) in [4.78, 5) is 87.9. The van der Waals surface area contributed by atoms with E-state index in [2.05, 4.69) is 41.3 Å². The highest BCUT2D eigenvalue weighted by atomic mass is 32.2. The zero-order valence-electron chi connectivity index (χ0n) is 33.0. The van der Waals surface area contributed by atoms with Crippen LogP contribution < -0.4 is 16.4 Å². The van der Waals surface area contributed by atoms with Crippen LogP contribution >= 0.6 is 35.2 Å². The number of nitrogens with two attached hydrogens (primary N) is 1. The number of nitrogens with one attached hydrogen (secondary N) is 2. The molecule has 1 aliphatic rings. The maximum absolute atomic E-state index is 12.7. The van der Waals surface area contributed by atoms with Gasteiger partial charge < -0.3 is 56.0 Å². The van der Waals surface area contributed by atoms with E-state index in [1.165, 1.54) is 13.8 Å². The number of aromatic nitrogens is 4. The van der Waals surface area contributed by atoms with E-state index in [0.717, 1.165) is 48.2 Å². The van der Waals surface area contributed by atoms with Crippen LogP contribution in [-0.2, 0) is 50.7 Å². The highest BCUT2D eigenvalue weighted by Crippen LogP contribution is 2.61. The maximum atomic E-state index is 12.7. The number of unbranched alkanes of at least 4 members (excludes halogenated alkanes) is 2. The molecule has 1 saturated heterocycles. The van der Waals surface area contributed by atoms with Crippen molar-refractivity contribution in [3.63, 3.8) is 0 Å². The molecule has 3 heterocycles. The number of ether oxygens (including phenoxy) is 1. The predicted molar refractivity (Wildman–Crippen MR) is 211 cm³/mol. The summed E-state index contributed by atoms with van der Waals surface area (Å²) in [6.07, 6.45) is -2.16. The quantitative estimate of drug-likeness (QED) is 0.0437. The first-order valence-electron chi connectivity index (χ1n) is 18.7. The van der Waals surface area contributed by atoms with Gasteiger partial charge in [-0.1, -0.05) is 51.8 Å². The van der Waals surface area contributed by atoms with Gasteiger partial charge in [-0.15, -0.1) is 0 Å². The second-order valence-corrected chi connectivity index (χ2v) is 19.7. The zero-order chi connectivity index (χ0) is 44.9. The first-order chi connectivity index (χ1) is 27.9. The minimum absolute atomic E-state index is 0.0279. The molecule has 0 bridgehead atoms. The van der Waals surface area contributed by atoms with Gasteiger partial charge in [-0.2, -0.15) is 4.31 Å². The van der Waals surface area contributed by atoms with Gasteiger partial charge in [0.05, 0.1) is 25.6 Å². The fraction of sp³-hybridized carbons (Fsp3) is 0.742. The second kappa shape index (κ2) is 23.3. The number of nitrogens with zero attached hydrogens (tertiary/aromatic N) is 4. The summed E-state index contributed by atoms with van der Waals surface area (Å²) in [6, 6.07) is 0. The molecular weight excluding hydrogens is 883 g/mol. The van der Waals surface area contributed by atoms with Gasteiger partial charge in [-0.05, 0) is 19.3 Å². The van der Waals surface area contributed by atoms with Crippen LogP contribution in [-0.4, -0.2) is 134 Å². The van der Waals surface area contributed by atoms with E-state index in [9.17, 15) is 63.0 Å². The van der Waals surface area contributed by atoms with Gasteiger partial charge in [-0.3, -0.25) is 32.5 Å². The lowest BCUT2D eigenvalue weighted by Gasteiger charge is -2.30. The third-order valence-corrected chi connectivity index (χ3v) is 12.9. The fourth-order valence-corrected chi connectivity index (χ4v) is 9.17. The lowest BCUT2D eigenvalue weighted by molar-refractivity contribution is -0.137. The summed E-state index contributed by atoms with van der Waals surface area (Å²) in [5.74, 6) is -1.15. The van der Waals surface area contributed by atoms with E-state index in [1.807, 2.05) is 0 Å². The largest absolute Gasteiger partial charge is 0.481 e. The lowest BCUT2D eigenvalue weighted by atomic mass is 9.87. The van der Waals surface area contributed by atoms with Gasteiger partial charge in [0.15, 0.2) is 22.8 Å². The number of rotatable bonds is 27. The molecule has 29 heteroatoms. The molecule has 1 aliphatic heterocycles. The fourth-order valence-electron chi connectivity index (χ4n) is 5.62. The monoisotopic (exact) mass is 937 g/mol. The molecule has 342 valence electrons. The summed E-state index contributed by atoms with van der Waals surface area (Å²) < 4.78 is 62.2. The number of thioether (sulfide) groups is 1. The van der Waals surface area contributed by atoms with Crippen molar-refractivity contribution >= 4 is 69.1 Å². The number of phosphoric ester groups is 3. The number of nitrogen functional groups attached to an aromatic ring is 1. The summed E-state index contributed by atoms with van der Waals surface area (Å²) in [6.45, 7) is 2.53. The Bertz CT molecular complexity index is 1890. The topological polar surface area (TPSA) is 384 Å². The van der Waals surface area contributed by atoms with Gasteiger partial charge >= 0.3 is 23.5 Å². The van der Waals surface area contributed by atoms with Crippen LogP contribution in [0.3, 0.4) is 0 Å². The Morgan fingerprint density at radius 1 is 0.983 bits per heavy atom. The molecule has 0 aromatic carbocycles. The molecule has 0 aliphatic carbocycles. The van der Waals surface area contributed by atoms with Crippen molar-refractivity contribution in [1.82, 2.24) is 30.2 Å². The van der Waals surface area contributed by atoms with Crippen molar-refractivity contribution in [2.75, 3.05) is 37.8 Å². The molecule has 0 spiro atoms. The van der Waals surface area contributed by atoms with Gasteiger partial charge in [-0.25, -0.2) is 28.6 Å². The van der Waals surface area contributed by atoms with Crippen molar-refractivity contribution in [2.24, 2.45) is 5.41 Å². The smallest absolute Gasteiger partial charge is 0.393 e. The number of phosphoric acid groups is 3. The first-order valence-corrected chi connectivity index (χ1v) is 24.2. The van der Waals surface area contributed by atoms with Gasteiger partial charge in [0.25, 0.3) is 0 Å². The number of anilines is 1. The second-order valence-electron chi connectivity index (χ2n) is 14.3. The van der Waals surface area contributed by atoms with E-state index in [0.29, 0.717) is 31.4 Å². The van der Waals surface area contributed by atoms with E-state index in [1.54, 1.807) is 0 Å². The Hall–Kier alpha value is -2.48. The molecule has 60 heavy (non-hydrogen) atoms. The predicted octanol–water partition coefficient (Wildman–Crippen LogP) is 0.776. The van der Waals surface area contributed by atoms with Crippen LogP contribution in [0.5, 0.6) is 0 Å². The molecule has 2 aromatic rings. The number of aliphatic hydroxyl groups is 3. The van der Waals surface area contributed by atoms with Crippen LogP contribution in [0.4, 0.5) is 5.82 Å². The number of hydrogen-bond donors (Lipinski definition) is 10. The van der Waals surface area contributed by atoms with Gasteiger partial charge in [0, 0.05) is 37.1 Å². The average Bonchev–Trinajstić information content (AvgIpc) is 3.71. The Balaban J connectivity index is 1.41. The van der Waals surface area contributed by atoms with Crippen LogP contribution in [0.1, 0.15) is 78.4 Å². The van der Waals surface area contributed by atoms with Crippen molar-refractivity contribution in [2.45, 2.75) is 109 Å². The molecule has 2 aromatic heterocycles. The minimum atomic E-state index is -5.58. The number of amides is 2. The molecular formula is C31H54N7O18P3S. The Morgan fingerprint density at radius 3 is 2.35 bits per heavy atom. The number of imidazole rings is 1. The minimum Gasteiger partial charge on any atom is -0.393 e. The molecule has 11 N–H and O–H groups in total. The van der Waals surface area contributed by atoms with Crippen molar-refractivity contribution in [3.8, 4) is 0 Å². The summed E-state index contributed by atoms with van der Waals surface area (Å²) >= 11 is 1.06. The summed E-state index contributed by atoms with van der Waals surface area (Å²) in [5, 5.41) is 36.3. The molecule has 0 saturated carbocycles. The third kappa shape index (κ3) is 17.0. The number of hydrogen-bond acceptors (Lipinski definition) is 19. The molecule has 1 fully saturated rings. The number of fused-ring (bicyclic) bond motifs is 1. The average molecular weight is 938 g/mol. The molecule has 4 unspecified atom stereocenters. The molecule has 2 amide bonds. The number of carbonyl (C=O) groups excluding carboxylic acids is 3. The Kier molecular flexibility index (Phi) is 20.1. The summed E-state index contributed by atoms with van der Waals surface area (Å²) in [5.41, 5.74) is 4.25. The van der Waals surface area contributed by atoms with E-state index in [4.69, 9.17) is 19.5 Å². The molecule has 3 rings (SSSR count). The zero-order valence-corrected chi connectivity index (χ0v) is 36.5. The van der Waals surface area contributed by atoms with E-state index >= 15 is 0 Å². The maximum Gasteiger partial charge on any atom is 0.481 e. The normalized spacial score (nSPS) is 21.6. The Labute approximate surface area is 348 Å². The van der Waals surface area contributed by atoms with Crippen LogP contribution in [0.2, 0.25) is 0 Å². The van der Waals surface area contributed by atoms with Crippen LogP contribution in [0.25, 0.3) is 11.2 Å². The van der Waals surface area contributed by atoms with Crippen LogP contribution in [0, 0.1) is 5.41 Å². The third-order valence-electron chi connectivity index (χ3n) is 8.82. The highest BCUT2D eigenvalue weighted by molar-refractivity contribution is 8.13. The van der Waals surface area contributed by atoms with Crippen molar-refractivity contribution in [1.29, 1.82) is 0 Å².